The first-order chi connectivity index (χ1) is 9.66. The minimum Gasteiger partial charge on any atom is -0.258 e. The Morgan fingerprint density at radius 3 is 1.77 bits per heavy atom. The summed E-state index contributed by atoms with van der Waals surface area (Å²) in [6.07, 6.45) is -12.5. The second kappa shape index (κ2) is 5.24. The fourth-order valence-electron chi connectivity index (χ4n) is 2.16. The van der Waals surface area contributed by atoms with Crippen LogP contribution in [0.2, 0.25) is 0 Å². The molecular weight excluding hydrogens is 323 g/mol. The molecule has 22 heavy (non-hydrogen) atoms. The van der Waals surface area contributed by atoms with Gasteiger partial charge in [-0.15, -0.1) is 0 Å². The van der Waals surface area contributed by atoms with Gasteiger partial charge >= 0.3 is 18.0 Å². The summed E-state index contributed by atoms with van der Waals surface area (Å²) in [5, 5.41) is 10.9. The number of hydrogen-bond donors (Lipinski definition) is 0. The molecule has 0 amide bonds. The van der Waals surface area contributed by atoms with Gasteiger partial charge in [-0.05, 0) is 12.8 Å². The standard InChI is InChI=1S/C12H11F7NO2/c1-5-4-8(9(20(21)22)7(3)6(5)2)10(13,11(14,15)16)12(17,18)19/h4-5H,1-3H3. The van der Waals surface area contributed by atoms with Crippen molar-refractivity contribution in [3.8, 4) is 0 Å². The Hall–Kier alpha value is -1.61. The van der Waals surface area contributed by atoms with Crippen LogP contribution in [-0.2, 0) is 0 Å². The average molecular weight is 334 g/mol. The summed E-state index contributed by atoms with van der Waals surface area (Å²) in [7, 11) is 0. The first-order valence-corrected chi connectivity index (χ1v) is 5.90. The van der Waals surface area contributed by atoms with Crippen LogP contribution in [0, 0.1) is 22.0 Å². The molecule has 0 aromatic carbocycles. The summed E-state index contributed by atoms with van der Waals surface area (Å²) in [6.45, 7) is 3.53. The van der Waals surface area contributed by atoms with E-state index < -0.39 is 45.7 Å². The zero-order valence-corrected chi connectivity index (χ0v) is 11.6. The number of nitro groups is 1. The minimum absolute atomic E-state index is 0.196. The molecule has 0 saturated carbocycles. The summed E-state index contributed by atoms with van der Waals surface area (Å²) < 4.78 is 90.8. The van der Waals surface area contributed by atoms with Crippen molar-refractivity contribution in [1.29, 1.82) is 0 Å². The van der Waals surface area contributed by atoms with Crippen molar-refractivity contribution >= 4 is 0 Å². The lowest BCUT2D eigenvalue weighted by Crippen LogP contribution is -2.56. The normalized spacial score (nSPS) is 21.9. The van der Waals surface area contributed by atoms with Crippen LogP contribution >= 0.6 is 0 Å². The van der Waals surface area contributed by atoms with E-state index in [9.17, 15) is 40.8 Å². The highest BCUT2D eigenvalue weighted by atomic mass is 19.4. The lowest BCUT2D eigenvalue weighted by molar-refractivity contribution is -0.428. The van der Waals surface area contributed by atoms with Gasteiger partial charge in [-0.3, -0.25) is 10.1 Å². The van der Waals surface area contributed by atoms with Crippen LogP contribution in [0.4, 0.5) is 30.7 Å². The third-order valence-electron chi connectivity index (χ3n) is 3.64. The molecule has 0 saturated heterocycles. The fraction of sp³-hybridized carbons (Fsp3) is 0.583. The summed E-state index contributed by atoms with van der Waals surface area (Å²) >= 11 is 0. The lowest BCUT2D eigenvalue weighted by Gasteiger charge is -2.34. The Labute approximate surface area is 120 Å². The zero-order chi connectivity index (χ0) is 17.7. The highest BCUT2D eigenvalue weighted by Gasteiger charge is 2.76. The van der Waals surface area contributed by atoms with Crippen LogP contribution in [0.25, 0.3) is 0 Å². The van der Waals surface area contributed by atoms with Crippen molar-refractivity contribution in [3.05, 3.63) is 39.0 Å². The molecule has 0 spiro atoms. The molecular formula is C12H11F7NO2. The molecule has 0 aromatic heterocycles. The predicted octanol–water partition coefficient (Wildman–Crippen LogP) is 4.54. The number of hydrogen-bond acceptors (Lipinski definition) is 2. The molecule has 3 nitrogen and oxygen atoms in total. The third-order valence-corrected chi connectivity index (χ3v) is 3.64. The minimum atomic E-state index is -6.39. The number of nitrogens with zero attached hydrogens (tertiary/aromatic N) is 1. The van der Waals surface area contributed by atoms with Crippen LogP contribution in [0.1, 0.15) is 20.8 Å². The maximum absolute atomic E-state index is 14.1. The Morgan fingerprint density at radius 2 is 1.45 bits per heavy atom. The van der Waals surface area contributed by atoms with Gasteiger partial charge in [-0.1, -0.05) is 19.9 Å². The third kappa shape index (κ3) is 2.58. The molecule has 0 aromatic rings. The van der Waals surface area contributed by atoms with E-state index in [1.54, 1.807) is 0 Å². The molecule has 1 aliphatic rings. The first-order valence-electron chi connectivity index (χ1n) is 5.90. The van der Waals surface area contributed by atoms with Crippen LogP contribution in [0.3, 0.4) is 0 Å². The van der Waals surface area contributed by atoms with E-state index in [0.717, 1.165) is 6.92 Å². The highest BCUT2D eigenvalue weighted by molar-refractivity contribution is 5.49. The van der Waals surface area contributed by atoms with Gasteiger partial charge in [0.2, 0.25) is 0 Å². The second-order valence-electron chi connectivity index (χ2n) is 4.94. The van der Waals surface area contributed by atoms with Gasteiger partial charge in [0.15, 0.2) is 0 Å². The quantitative estimate of drug-likeness (QED) is 0.423. The van der Waals surface area contributed by atoms with Crippen molar-refractivity contribution in [2.75, 3.05) is 0 Å². The topological polar surface area (TPSA) is 43.1 Å². The Bertz CT molecular complexity index is 531. The van der Waals surface area contributed by atoms with Gasteiger partial charge in [0.05, 0.1) is 10.5 Å². The lowest BCUT2D eigenvalue weighted by atomic mass is 9.76. The Morgan fingerprint density at radius 1 is 1.05 bits per heavy atom. The van der Waals surface area contributed by atoms with Gasteiger partial charge < -0.3 is 0 Å². The second-order valence-corrected chi connectivity index (χ2v) is 4.94. The average Bonchev–Trinajstić information content (AvgIpc) is 2.30. The van der Waals surface area contributed by atoms with E-state index in [0.29, 0.717) is 6.08 Å². The monoisotopic (exact) mass is 334 g/mol. The summed E-state index contributed by atoms with van der Waals surface area (Å²) in [5.41, 5.74) is -9.75. The number of rotatable bonds is 2. The van der Waals surface area contributed by atoms with Crippen LogP contribution in [0.15, 0.2) is 22.9 Å². The number of alkyl halides is 7. The molecule has 0 heterocycles. The van der Waals surface area contributed by atoms with Crippen LogP contribution < -0.4 is 0 Å². The van der Waals surface area contributed by atoms with Gasteiger partial charge in [0, 0.05) is 11.5 Å². The molecule has 1 atom stereocenters. The molecule has 125 valence electrons. The molecule has 0 aliphatic heterocycles. The fourth-order valence-corrected chi connectivity index (χ4v) is 2.16. The SMILES string of the molecule is C[C]1C(C)=C([N+](=O)[O-])C(C(F)(C(F)(F)F)C(F)(F)F)=CC1C. The molecule has 10 heteroatoms. The van der Waals surface area contributed by atoms with E-state index in [1.165, 1.54) is 13.8 Å². The predicted molar refractivity (Wildman–Crippen MR) is 61.8 cm³/mol. The summed E-state index contributed by atoms with van der Waals surface area (Å²) in [6, 6.07) is 0. The number of allylic oxidation sites excluding steroid dienone is 3. The molecule has 0 N–H and O–H groups in total. The number of halogens is 7. The van der Waals surface area contributed by atoms with E-state index in [2.05, 4.69) is 0 Å². The largest absolute Gasteiger partial charge is 0.436 e. The van der Waals surface area contributed by atoms with E-state index in [-0.39, 0.29) is 5.92 Å². The zero-order valence-electron chi connectivity index (χ0n) is 11.6. The maximum atomic E-state index is 14.1. The van der Waals surface area contributed by atoms with Gasteiger partial charge in [-0.25, -0.2) is 4.39 Å². The van der Waals surface area contributed by atoms with Crippen molar-refractivity contribution in [2.45, 2.75) is 38.8 Å². The smallest absolute Gasteiger partial charge is 0.258 e. The van der Waals surface area contributed by atoms with E-state index >= 15 is 0 Å². The molecule has 1 radical (unpaired) electrons. The van der Waals surface area contributed by atoms with Crippen molar-refractivity contribution in [3.63, 3.8) is 0 Å². The Kier molecular flexibility index (Phi) is 4.39. The molecule has 1 rings (SSSR count). The molecule has 0 bridgehead atoms. The van der Waals surface area contributed by atoms with E-state index in [4.69, 9.17) is 0 Å². The summed E-state index contributed by atoms with van der Waals surface area (Å²) in [5.74, 6) is -0.805. The van der Waals surface area contributed by atoms with Gasteiger partial charge in [-0.2, -0.15) is 26.3 Å². The van der Waals surface area contributed by atoms with Crippen molar-refractivity contribution in [2.24, 2.45) is 5.92 Å². The highest BCUT2D eigenvalue weighted by Crippen LogP contribution is 2.55. The van der Waals surface area contributed by atoms with Gasteiger partial charge in [0.1, 0.15) is 0 Å². The Balaban J connectivity index is 3.75. The molecule has 1 unspecified atom stereocenters. The van der Waals surface area contributed by atoms with E-state index in [1.807, 2.05) is 0 Å². The summed E-state index contributed by atoms with van der Waals surface area (Å²) in [4.78, 5) is 9.49. The van der Waals surface area contributed by atoms with Gasteiger partial charge in [0.25, 0.3) is 5.70 Å². The van der Waals surface area contributed by atoms with Crippen molar-refractivity contribution < 1.29 is 35.7 Å². The molecule has 1 aliphatic carbocycles. The first kappa shape index (κ1) is 18.4. The van der Waals surface area contributed by atoms with Crippen molar-refractivity contribution in [1.82, 2.24) is 0 Å². The van der Waals surface area contributed by atoms with Crippen LogP contribution in [-0.4, -0.2) is 22.9 Å². The maximum Gasteiger partial charge on any atom is 0.436 e. The molecule has 0 fully saturated rings. The van der Waals surface area contributed by atoms with Crippen LogP contribution in [0.5, 0.6) is 0 Å².